The van der Waals surface area contributed by atoms with Gasteiger partial charge < -0.3 is 14.7 Å². The Balaban J connectivity index is 1.76. The number of nitrogens with one attached hydrogen (secondary N) is 1. The molecule has 2 rings (SSSR count). The maximum Gasteiger partial charge on any atom is 0.226 e. The molecule has 24 heavy (non-hydrogen) atoms. The predicted octanol–water partition coefficient (Wildman–Crippen LogP) is 1.97. The van der Waals surface area contributed by atoms with Crippen LogP contribution in [0.1, 0.15) is 30.1 Å². The fourth-order valence-corrected chi connectivity index (χ4v) is 2.10. The van der Waals surface area contributed by atoms with Gasteiger partial charge in [0.1, 0.15) is 0 Å². The van der Waals surface area contributed by atoms with Gasteiger partial charge in [0.15, 0.2) is 5.82 Å². The van der Waals surface area contributed by atoms with Crippen LogP contribution in [0.4, 0.5) is 5.69 Å². The second-order valence-electron chi connectivity index (χ2n) is 5.80. The van der Waals surface area contributed by atoms with Gasteiger partial charge in [-0.15, -0.1) is 0 Å². The van der Waals surface area contributed by atoms with Gasteiger partial charge in [-0.1, -0.05) is 17.3 Å². The molecule has 1 heterocycles. The van der Waals surface area contributed by atoms with Crippen molar-refractivity contribution in [1.82, 2.24) is 15.0 Å². The fraction of sp³-hybridized carbons (Fsp3) is 0.412. The lowest BCUT2D eigenvalue weighted by Gasteiger charge is -2.10. The molecule has 0 spiro atoms. The standard InChI is InChI=1S/C17H22N4O3/c1-12-18-16(24-20-12)6-4-5-15(22)19-14-9-7-13(8-10-14)11-17(23)21(2)3/h7-10H,4-6,11H2,1-3H3,(H,19,22). The zero-order valence-electron chi connectivity index (χ0n) is 14.2. The van der Waals surface area contributed by atoms with Gasteiger partial charge in [0, 0.05) is 32.6 Å². The minimum absolute atomic E-state index is 0.0445. The number of hydrogen-bond acceptors (Lipinski definition) is 5. The number of amides is 2. The lowest BCUT2D eigenvalue weighted by atomic mass is 10.1. The van der Waals surface area contributed by atoms with Crippen molar-refractivity contribution in [3.63, 3.8) is 0 Å². The van der Waals surface area contributed by atoms with E-state index >= 15 is 0 Å². The number of likely N-dealkylation sites (N-methyl/N-ethyl adjacent to an activating group) is 1. The number of rotatable bonds is 7. The van der Waals surface area contributed by atoms with Gasteiger partial charge in [-0.3, -0.25) is 9.59 Å². The van der Waals surface area contributed by atoms with Crippen LogP contribution in [0.15, 0.2) is 28.8 Å². The second-order valence-corrected chi connectivity index (χ2v) is 5.80. The first-order valence-electron chi connectivity index (χ1n) is 7.82. The number of aryl methyl sites for hydroxylation is 2. The Morgan fingerprint density at radius 1 is 1.21 bits per heavy atom. The van der Waals surface area contributed by atoms with E-state index in [0.717, 1.165) is 11.3 Å². The van der Waals surface area contributed by atoms with E-state index < -0.39 is 0 Å². The van der Waals surface area contributed by atoms with Gasteiger partial charge in [-0.25, -0.2) is 0 Å². The molecule has 2 amide bonds. The molecule has 0 aliphatic heterocycles. The van der Waals surface area contributed by atoms with Gasteiger partial charge >= 0.3 is 0 Å². The summed E-state index contributed by atoms with van der Waals surface area (Å²) in [4.78, 5) is 29.2. The monoisotopic (exact) mass is 330 g/mol. The maximum atomic E-state index is 11.9. The Kier molecular flexibility index (Phi) is 6.06. The number of aromatic nitrogens is 2. The van der Waals surface area contributed by atoms with Crippen LogP contribution in [0.2, 0.25) is 0 Å². The van der Waals surface area contributed by atoms with Crippen LogP contribution in [-0.4, -0.2) is 41.0 Å². The van der Waals surface area contributed by atoms with Crippen LogP contribution in [-0.2, 0) is 22.4 Å². The summed E-state index contributed by atoms with van der Waals surface area (Å²) in [5, 5.41) is 6.54. The average Bonchev–Trinajstić information content (AvgIpc) is 2.94. The Hall–Kier alpha value is -2.70. The Labute approximate surface area is 141 Å². The summed E-state index contributed by atoms with van der Waals surface area (Å²) in [6.45, 7) is 1.76. The van der Waals surface area contributed by atoms with Gasteiger partial charge in [0.2, 0.25) is 17.7 Å². The molecular formula is C17H22N4O3. The molecule has 7 nitrogen and oxygen atoms in total. The summed E-state index contributed by atoms with van der Waals surface area (Å²) in [7, 11) is 3.46. The van der Waals surface area contributed by atoms with E-state index in [-0.39, 0.29) is 11.8 Å². The molecule has 1 aromatic carbocycles. The van der Waals surface area contributed by atoms with Crippen molar-refractivity contribution in [3.05, 3.63) is 41.5 Å². The maximum absolute atomic E-state index is 11.9. The highest BCUT2D eigenvalue weighted by molar-refractivity contribution is 5.90. The van der Waals surface area contributed by atoms with Crippen molar-refractivity contribution in [2.45, 2.75) is 32.6 Å². The minimum atomic E-state index is -0.0663. The lowest BCUT2D eigenvalue weighted by Crippen LogP contribution is -2.23. The van der Waals surface area contributed by atoms with E-state index in [1.54, 1.807) is 38.1 Å². The lowest BCUT2D eigenvalue weighted by molar-refractivity contribution is -0.128. The van der Waals surface area contributed by atoms with E-state index in [9.17, 15) is 9.59 Å². The molecule has 0 aliphatic carbocycles. The van der Waals surface area contributed by atoms with Crippen LogP contribution in [0, 0.1) is 6.92 Å². The smallest absolute Gasteiger partial charge is 0.226 e. The van der Waals surface area contributed by atoms with Crippen molar-refractivity contribution < 1.29 is 14.1 Å². The normalized spacial score (nSPS) is 10.5. The molecule has 0 fully saturated rings. The average molecular weight is 330 g/mol. The largest absolute Gasteiger partial charge is 0.349 e. The third-order valence-electron chi connectivity index (χ3n) is 3.46. The highest BCUT2D eigenvalue weighted by Crippen LogP contribution is 2.12. The van der Waals surface area contributed by atoms with Crippen molar-refractivity contribution in [3.8, 4) is 0 Å². The third-order valence-corrected chi connectivity index (χ3v) is 3.46. The summed E-state index contributed by atoms with van der Waals surface area (Å²) in [6, 6.07) is 7.30. The van der Waals surface area contributed by atoms with Crippen LogP contribution in [0.3, 0.4) is 0 Å². The van der Waals surface area contributed by atoms with Crippen molar-refractivity contribution in [2.24, 2.45) is 0 Å². The van der Waals surface area contributed by atoms with Crippen molar-refractivity contribution in [2.75, 3.05) is 19.4 Å². The molecule has 128 valence electrons. The van der Waals surface area contributed by atoms with E-state index in [2.05, 4.69) is 15.5 Å². The summed E-state index contributed by atoms with van der Waals surface area (Å²) in [5.41, 5.74) is 1.63. The summed E-state index contributed by atoms with van der Waals surface area (Å²) < 4.78 is 5.00. The van der Waals surface area contributed by atoms with E-state index in [0.29, 0.717) is 37.4 Å². The molecule has 0 atom stereocenters. The number of carbonyl (C=O) groups excluding carboxylic acids is 2. The van der Waals surface area contributed by atoms with E-state index in [1.807, 2.05) is 12.1 Å². The predicted molar refractivity (Wildman–Crippen MR) is 89.4 cm³/mol. The number of benzene rings is 1. The SMILES string of the molecule is Cc1noc(CCCC(=O)Nc2ccc(CC(=O)N(C)C)cc2)n1. The molecule has 0 saturated carbocycles. The highest BCUT2D eigenvalue weighted by Gasteiger charge is 2.08. The highest BCUT2D eigenvalue weighted by atomic mass is 16.5. The topological polar surface area (TPSA) is 88.3 Å². The molecule has 0 aliphatic rings. The molecule has 0 bridgehead atoms. The Bertz CT molecular complexity index is 692. The van der Waals surface area contributed by atoms with Crippen molar-refractivity contribution in [1.29, 1.82) is 0 Å². The quantitative estimate of drug-likeness (QED) is 0.838. The van der Waals surface area contributed by atoms with Gasteiger partial charge in [-0.2, -0.15) is 4.98 Å². The number of carbonyl (C=O) groups is 2. The van der Waals surface area contributed by atoms with Crippen LogP contribution in [0.5, 0.6) is 0 Å². The zero-order valence-corrected chi connectivity index (χ0v) is 14.2. The molecule has 1 aromatic heterocycles. The molecule has 0 unspecified atom stereocenters. The van der Waals surface area contributed by atoms with Crippen LogP contribution in [0.25, 0.3) is 0 Å². The first-order chi connectivity index (χ1) is 11.4. The molecule has 2 aromatic rings. The number of nitrogens with zero attached hydrogens (tertiary/aromatic N) is 3. The Morgan fingerprint density at radius 3 is 2.50 bits per heavy atom. The summed E-state index contributed by atoms with van der Waals surface area (Å²) in [5.74, 6) is 1.13. The van der Waals surface area contributed by atoms with E-state index in [4.69, 9.17) is 4.52 Å². The van der Waals surface area contributed by atoms with Crippen LogP contribution < -0.4 is 5.32 Å². The summed E-state index contributed by atoms with van der Waals surface area (Å²) in [6.07, 6.45) is 1.95. The van der Waals surface area contributed by atoms with Crippen molar-refractivity contribution >= 4 is 17.5 Å². The molecule has 0 saturated heterocycles. The Morgan fingerprint density at radius 2 is 1.92 bits per heavy atom. The second kappa shape index (κ2) is 8.24. The van der Waals surface area contributed by atoms with Crippen LogP contribution >= 0.6 is 0 Å². The molecule has 0 radical (unpaired) electrons. The van der Waals surface area contributed by atoms with Gasteiger partial charge in [0.25, 0.3) is 0 Å². The van der Waals surface area contributed by atoms with E-state index in [1.165, 1.54) is 0 Å². The zero-order chi connectivity index (χ0) is 17.5. The number of anilines is 1. The number of hydrogen-bond donors (Lipinski definition) is 1. The van der Waals surface area contributed by atoms with Gasteiger partial charge in [0.05, 0.1) is 6.42 Å². The van der Waals surface area contributed by atoms with Gasteiger partial charge in [-0.05, 0) is 31.0 Å². The fourth-order valence-electron chi connectivity index (χ4n) is 2.10. The molecular weight excluding hydrogens is 308 g/mol. The first-order valence-corrected chi connectivity index (χ1v) is 7.82. The summed E-state index contributed by atoms with van der Waals surface area (Å²) >= 11 is 0. The molecule has 7 heteroatoms. The minimum Gasteiger partial charge on any atom is -0.349 e. The molecule has 1 N–H and O–H groups in total. The third kappa shape index (κ3) is 5.49. The first kappa shape index (κ1) is 17.7.